The monoisotopic (exact) mass is 253 g/mol. The zero-order chi connectivity index (χ0) is 13.0. The van der Waals surface area contributed by atoms with Gasteiger partial charge >= 0.3 is 0 Å². The molecule has 0 radical (unpaired) electrons. The largest absolute Gasteiger partial charge is 0.479 e. The molecule has 0 spiro atoms. The number of aliphatic hydroxyl groups excluding tert-OH is 2. The second kappa shape index (κ2) is 5.76. The molecule has 18 heavy (non-hydrogen) atoms. The van der Waals surface area contributed by atoms with Gasteiger partial charge in [-0.05, 0) is 6.07 Å². The van der Waals surface area contributed by atoms with Crippen molar-refractivity contribution in [2.75, 3.05) is 20.3 Å². The second-order valence-electron chi connectivity index (χ2n) is 3.69. The third kappa shape index (κ3) is 2.42. The molecule has 0 unspecified atom stereocenters. The third-order valence-electron chi connectivity index (χ3n) is 2.55. The summed E-state index contributed by atoms with van der Waals surface area (Å²) >= 11 is 0. The van der Waals surface area contributed by atoms with Gasteiger partial charge in [0.25, 0.3) is 0 Å². The lowest BCUT2D eigenvalue weighted by atomic mass is 10.3. The van der Waals surface area contributed by atoms with Gasteiger partial charge in [-0.1, -0.05) is 0 Å². The molecular formula is C11H15N3O4. The van der Waals surface area contributed by atoms with Gasteiger partial charge in [0.1, 0.15) is 18.4 Å². The molecule has 2 aromatic rings. The number of methoxy groups -OCH3 is 1. The van der Waals surface area contributed by atoms with Crippen molar-refractivity contribution in [1.82, 2.24) is 14.8 Å². The minimum atomic E-state index is -0.619. The number of pyridine rings is 1. The first kappa shape index (κ1) is 12.7. The van der Waals surface area contributed by atoms with Gasteiger partial charge in [0, 0.05) is 11.6 Å². The standard InChI is InChI=1S/C11H15N3O4/c1-17-11-10-8(2-3-12-11)4-13-14(10)7-18-9(5-15)6-16/h2-4,9,15-16H,5-7H2,1H3. The van der Waals surface area contributed by atoms with Crippen LogP contribution in [0.2, 0.25) is 0 Å². The lowest BCUT2D eigenvalue weighted by molar-refractivity contribution is -0.0522. The number of hydrogen-bond acceptors (Lipinski definition) is 6. The van der Waals surface area contributed by atoms with Crippen LogP contribution in [0.3, 0.4) is 0 Å². The zero-order valence-corrected chi connectivity index (χ0v) is 9.98. The summed E-state index contributed by atoms with van der Waals surface area (Å²) in [5.41, 5.74) is 0.717. The molecule has 0 atom stereocenters. The van der Waals surface area contributed by atoms with Crippen molar-refractivity contribution in [2.45, 2.75) is 12.8 Å². The molecule has 0 fully saturated rings. The summed E-state index contributed by atoms with van der Waals surface area (Å²) < 4.78 is 12.0. The molecule has 2 N–H and O–H groups in total. The van der Waals surface area contributed by atoms with Crippen molar-refractivity contribution in [1.29, 1.82) is 0 Å². The van der Waals surface area contributed by atoms with Crippen molar-refractivity contribution in [3.05, 3.63) is 18.5 Å². The fourth-order valence-electron chi connectivity index (χ4n) is 1.59. The van der Waals surface area contributed by atoms with Gasteiger partial charge in [-0.15, -0.1) is 0 Å². The first-order chi connectivity index (χ1) is 8.80. The average molecular weight is 253 g/mol. The van der Waals surface area contributed by atoms with E-state index < -0.39 is 6.10 Å². The molecule has 0 aromatic carbocycles. The van der Waals surface area contributed by atoms with E-state index in [0.29, 0.717) is 5.88 Å². The molecule has 0 saturated carbocycles. The molecule has 7 nitrogen and oxygen atoms in total. The normalized spacial score (nSPS) is 11.3. The van der Waals surface area contributed by atoms with Gasteiger partial charge in [-0.25, -0.2) is 9.67 Å². The molecular weight excluding hydrogens is 238 g/mol. The summed E-state index contributed by atoms with van der Waals surface area (Å²) in [6, 6.07) is 1.82. The molecule has 2 aromatic heterocycles. The van der Waals surface area contributed by atoms with Crippen molar-refractivity contribution in [3.63, 3.8) is 0 Å². The van der Waals surface area contributed by atoms with Gasteiger partial charge < -0.3 is 19.7 Å². The van der Waals surface area contributed by atoms with E-state index in [1.807, 2.05) is 6.07 Å². The highest BCUT2D eigenvalue weighted by Gasteiger charge is 2.12. The molecule has 0 bridgehead atoms. The highest BCUT2D eigenvalue weighted by atomic mass is 16.5. The van der Waals surface area contributed by atoms with E-state index in [1.165, 1.54) is 7.11 Å². The number of nitrogens with zero attached hydrogens (tertiary/aromatic N) is 3. The molecule has 2 heterocycles. The molecule has 7 heteroatoms. The number of fused-ring (bicyclic) bond motifs is 1. The molecule has 0 saturated heterocycles. The number of rotatable bonds is 6. The fraction of sp³-hybridized carbons (Fsp3) is 0.455. The highest BCUT2D eigenvalue weighted by molar-refractivity contribution is 5.82. The Morgan fingerprint density at radius 2 is 2.17 bits per heavy atom. The fourth-order valence-corrected chi connectivity index (χ4v) is 1.59. The highest BCUT2D eigenvalue weighted by Crippen LogP contribution is 2.22. The summed E-state index contributed by atoms with van der Waals surface area (Å²) in [5, 5.41) is 22.9. The van der Waals surface area contributed by atoms with Crippen LogP contribution in [0.4, 0.5) is 0 Å². The Morgan fingerprint density at radius 1 is 1.39 bits per heavy atom. The molecule has 2 rings (SSSR count). The number of aliphatic hydroxyl groups is 2. The number of aromatic nitrogens is 3. The van der Waals surface area contributed by atoms with E-state index >= 15 is 0 Å². The Kier molecular flexibility index (Phi) is 4.08. The van der Waals surface area contributed by atoms with E-state index in [0.717, 1.165) is 10.9 Å². The van der Waals surface area contributed by atoms with Gasteiger partial charge in [-0.2, -0.15) is 5.10 Å². The van der Waals surface area contributed by atoms with Crippen molar-refractivity contribution in [2.24, 2.45) is 0 Å². The van der Waals surface area contributed by atoms with Crippen LogP contribution in [-0.4, -0.2) is 51.4 Å². The maximum Gasteiger partial charge on any atom is 0.240 e. The Bertz CT molecular complexity index is 510. The van der Waals surface area contributed by atoms with Crippen LogP contribution in [0.15, 0.2) is 18.5 Å². The average Bonchev–Trinajstić information content (AvgIpc) is 2.83. The number of hydrogen-bond donors (Lipinski definition) is 2. The number of ether oxygens (including phenoxy) is 2. The zero-order valence-electron chi connectivity index (χ0n) is 9.98. The molecule has 0 aliphatic rings. The summed E-state index contributed by atoms with van der Waals surface area (Å²) in [6.07, 6.45) is 2.69. The Balaban J connectivity index is 2.23. The molecule has 0 amide bonds. The van der Waals surface area contributed by atoms with Crippen LogP contribution in [0.25, 0.3) is 10.9 Å². The van der Waals surface area contributed by atoms with Crippen LogP contribution in [-0.2, 0) is 11.5 Å². The van der Waals surface area contributed by atoms with Crippen LogP contribution in [0.1, 0.15) is 0 Å². The molecule has 0 aliphatic heterocycles. The molecule has 98 valence electrons. The summed E-state index contributed by atoms with van der Waals surface area (Å²) in [5.74, 6) is 0.457. The predicted molar refractivity (Wildman–Crippen MR) is 63.1 cm³/mol. The van der Waals surface area contributed by atoms with E-state index in [4.69, 9.17) is 19.7 Å². The van der Waals surface area contributed by atoms with Crippen LogP contribution < -0.4 is 4.74 Å². The maximum absolute atomic E-state index is 8.92. The topological polar surface area (TPSA) is 89.6 Å². The van der Waals surface area contributed by atoms with Crippen molar-refractivity contribution in [3.8, 4) is 5.88 Å². The SMILES string of the molecule is COc1nccc2cnn(COC(CO)CO)c12. The minimum absolute atomic E-state index is 0.108. The lowest BCUT2D eigenvalue weighted by Gasteiger charge is -2.13. The van der Waals surface area contributed by atoms with Crippen molar-refractivity contribution < 1.29 is 19.7 Å². The predicted octanol–water partition coefficient (Wildman–Crippen LogP) is -0.233. The quantitative estimate of drug-likeness (QED) is 0.739. The van der Waals surface area contributed by atoms with E-state index in [-0.39, 0.29) is 19.9 Å². The van der Waals surface area contributed by atoms with E-state index in [1.54, 1.807) is 17.1 Å². The van der Waals surface area contributed by atoms with E-state index in [2.05, 4.69) is 10.1 Å². The van der Waals surface area contributed by atoms with Crippen LogP contribution >= 0.6 is 0 Å². The maximum atomic E-state index is 8.92. The Hall–Kier alpha value is -1.70. The van der Waals surface area contributed by atoms with Gasteiger partial charge in [0.2, 0.25) is 5.88 Å². The first-order valence-corrected chi connectivity index (χ1v) is 5.48. The minimum Gasteiger partial charge on any atom is -0.479 e. The van der Waals surface area contributed by atoms with Gasteiger partial charge in [0.15, 0.2) is 0 Å². The van der Waals surface area contributed by atoms with E-state index in [9.17, 15) is 0 Å². The molecule has 0 aliphatic carbocycles. The third-order valence-corrected chi connectivity index (χ3v) is 2.55. The second-order valence-corrected chi connectivity index (χ2v) is 3.69. The van der Waals surface area contributed by atoms with Crippen molar-refractivity contribution >= 4 is 10.9 Å². The first-order valence-electron chi connectivity index (χ1n) is 5.48. The van der Waals surface area contributed by atoms with Gasteiger partial charge in [0.05, 0.1) is 26.5 Å². The van der Waals surface area contributed by atoms with Gasteiger partial charge in [-0.3, -0.25) is 0 Å². The van der Waals surface area contributed by atoms with Crippen LogP contribution in [0.5, 0.6) is 5.88 Å². The Morgan fingerprint density at radius 3 is 2.83 bits per heavy atom. The summed E-state index contributed by atoms with van der Waals surface area (Å²) in [7, 11) is 1.53. The van der Waals surface area contributed by atoms with Crippen LogP contribution in [0, 0.1) is 0 Å². The smallest absolute Gasteiger partial charge is 0.240 e. The summed E-state index contributed by atoms with van der Waals surface area (Å²) in [4.78, 5) is 4.09. The lowest BCUT2D eigenvalue weighted by Crippen LogP contribution is -2.23. The summed E-state index contributed by atoms with van der Waals surface area (Å²) in [6.45, 7) is -0.381. The Labute approximate surface area is 104 Å².